The molecular formula is C14H17N3O3S. The van der Waals surface area contributed by atoms with Crippen LogP contribution in [0.15, 0.2) is 35.2 Å². The summed E-state index contributed by atoms with van der Waals surface area (Å²) >= 11 is 0. The predicted molar refractivity (Wildman–Crippen MR) is 80.1 cm³/mol. The molecule has 21 heavy (non-hydrogen) atoms. The highest BCUT2D eigenvalue weighted by molar-refractivity contribution is 7.91. The Morgan fingerprint density at radius 1 is 1.29 bits per heavy atom. The first-order chi connectivity index (χ1) is 9.97. The largest absolute Gasteiger partial charge is 0.305 e. The van der Waals surface area contributed by atoms with Gasteiger partial charge >= 0.3 is 0 Å². The Bertz CT molecular complexity index is 750. The molecule has 112 valence electrons. The lowest BCUT2D eigenvalue weighted by molar-refractivity contribution is 0.102. The lowest BCUT2D eigenvalue weighted by Crippen LogP contribution is -2.17. The molecule has 0 fully saturated rings. The van der Waals surface area contributed by atoms with Crippen molar-refractivity contribution in [1.29, 1.82) is 0 Å². The molecule has 0 unspecified atom stereocenters. The number of aryl methyl sites for hydroxylation is 1. The van der Waals surface area contributed by atoms with E-state index in [0.717, 1.165) is 12.1 Å². The fraction of sp³-hybridized carbons (Fsp3) is 0.286. The predicted octanol–water partition coefficient (Wildman–Crippen LogP) is 2.02. The molecule has 0 bridgehead atoms. The normalized spacial score (nSPS) is 11.3. The Morgan fingerprint density at radius 2 is 2.00 bits per heavy atom. The van der Waals surface area contributed by atoms with E-state index in [0.29, 0.717) is 5.82 Å². The van der Waals surface area contributed by atoms with Gasteiger partial charge in [0, 0.05) is 11.8 Å². The Hall–Kier alpha value is -2.15. The number of carbonyl (C=O) groups is 1. The number of carbonyl (C=O) groups excluding carboxylic acids is 1. The maximum Gasteiger partial charge on any atom is 0.258 e. The van der Waals surface area contributed by atoms with Crippen molar-refractivity contribution in [3.8, 4) is 0 Å². The van der Waals surface area contributed by atoms with Crippen LogP contribution in [0.3, 0.4) is 0 Å². The SMILES string of the molecule is CCc1cc(NC(=O)c2ccccc2S(=O)(=O)CC)n[nH]1. The number of rotatable bonds is 5. The molecule has 1 aromatic heterocycles. The van der Waals surface area contributed by atoms with Crippen molar-refractivity contribution in [2.24, 2.45) is 0 Å². The van der Waals surface area contributed by atoms with Crippen molar-refractivity contribution in [2.45, 2.75) is 25.2 Å². The van der Waals surface area contributed by atoms with Gasteiger partial charge in [0.05, 0.1) is 16.2 Å². The third-order valence-electron chi connectivity index (χ3n) is 3.10. The summed E-state index contributed by atoms with van der Waals surface area (Å²) in [6, 6.07) is 7.88. The number of amides is 1. The minimum Gasteiger partial charge on any atom is -0.305 e. The quantitative estimate of drug-likeness (QED) is 0.884. The highest BCUT2D eigenvalue weighted by atomic mass is 32.2. The molecular weight excluding hydrogens is 290 g/mol. The van der Waals surface area contributed by atoms with Crippen LogP contribution in [0.1, 0.15) is 29.9 Å². The molecule has 0 aliphatic rings. The van der Waals surface area contributed by atoms with Gasteiger partial charge in [-0.2, -0.15) is 5.10 Å². The molecule has 2 rings (SSSR count). The number of aromatic amines is 1. The summed E-state index contributed by atoms with van der Waals surface area (Å²) in [5, 5.41) is 9.35. The highest BCUT2D eigenvalue weighted by Crippen LogP contribution is 2.18. The van der Waals surface area contributed by atoms with Crippen LogP contribution in [0, 0.1) is 0 Å². The van der Waals surface area contributed by atoms with Crippen LogP contribution in [-0.4, -0.2) is 30.3 Å². The Morgan fingerprint density at radius 3 is 2.62 bits per heavy atom. The Balaban J connectivity index is 2.32. The number of benzene rings is 1. The number of nitrogens with one attached hydrogen (secondary N) is 2. The molecule has 0 atom stereocenters. The van der Waals surface area contributed by atoms with Crippen LogP contribution in [0.2, 0.25) is 0 Å². The van der Waals surface area contributed by atoms with Crippen molar-refractivity contribution in [1.82, 2.24) is 10.2 Å². The van der Waals surface area contributed by atoms with Gasteiger partial charge in [-0.25, -0.2) is 8.42 Å². The smallest absolute Gasteiger partial charge is 0.258 e. The molecule has 0 saturated carbocycles. The van der Waals surface area contributed by atoms with E-state index in [1.165, 1.54) is 12.1 Å². The molecule has 1 aromatic carbocycles. The van der Waals surface area contributed by atoms with E-state index < -0.39 is 15.7 Å². The Labute approximate surface area is 123 Å². The van der Waals surface area contributed by atoms with E-state index in [4.69, 9.17) is 0 Å². The van der Waals surface area contributed by atoms with Crippen molar-refractivity contribution < 1.29 is 13.2 Å². The molecule has 7 heteroatoms. The zero-order valence-corrected chi connectivity index (χ0v) is 12.7. The summed E-state index contributed by atoms with van der Waals surface area (Å²) in [5.41, 5.74) is 1.01. The molecule has 1 amide bonds. The zero-order valence-electron chi connectivity index (χ0n) is 11.9. The molecule has 6 nitrogen and oxygen atoms in total. The summed E-state index contributed by atoms with van der Waals surface area (Å²) < 4.78 is 24.1. The van der Waals surface area contributed by atoms with Gasteiger partial charge in [0.15, 0.2) is 15.7 Å². The maximum absolute atomic E-state index is 12.3. The fourth-order valence-corrected chi connectivity index (χ4v) is 2.96. The summed E-state index contributed by atoms with van der Waals surface area (Å²) in [6.45, 7) is 3.51. The monoisotopic (exact) mass is 307 g/mol. The van der Waals surface area contributed by atoms with Crippen LogP contribution in [-0.2, 0) is 16.3 Å². The van der Waals surface area contributed by atoms with Gasteiger partial charge in [0.1, 0.15) is 0 Å². The number of hydrogen-bond acceptors (Lipinski definition) is 4. The molecule has 2 N–H and O–H groups in total. The van der Waals surface area contributed by atoms with Gasteiger partial charge in [-0.3, -0.25) is 9.89 Å². The van der Waals surface area contributed by atoms with Gasteiger partial charge in [-0.1, -0.05) is 26.0 Å². The molecule has 0 spiro atoms. The van der Waals surface area contributed by atoms with Crippen LogP contribution in [0.4, 0.5) is 5.82 Å². The fourth-order valence-electron chi connectivity index (χ4n) is 1.87. The van der Waals surface area contributed by atoms with E-state index in [-0.39, 0.29) is 16.2 Å². The molecule has 0 radical (unpaired) electrons. The van der Waals surface area contributed by atoms with Gasteiger partial charge in [-0.15, -0.1) is 0 Å². The number of sulfone groups is 1. The van der Waals surface area contributed by atoms with Gasteiger partial charge < -0.3 is 5.32 Å². The first-order valence-corrected chi connectivity index (χ1v) is 8.30. The summed E-state index contributed by atoms with van der Waals surface area (Å²) in [6.07, 6.45) is 0.768. The van der Waals surface area contributed by atoms with Crippen molar-refractivity contribution in [3.63, 3.8) is 0 Å². The number of hydrogen-bond donors (Lipinski definition) is 2. The minimum absolute atomic E-state index is 0.0382. The van der Waals surface area contributed by atoms with E-state index >= 15 is 0 Å². The topological polar surface area (TPSA) is 91.9 Å². The van der Waals surface area contributed by atoms with Crippen LogP contribution in [0.5, 0.6) is 0 Å². The lowest BCUT2D eigenvalue weighted by atomic mass is 10.2. The number of anilines is 1. The average Bonchev–Trinajstić information content (AvgIpc) is 2.94. The van der Waals surface area contributed by atoms with Gasteiger partial charge in [-0.05, 0) is 18.6 Å². The van der Waals surface area contributed by atoms with Gasteiger partial charge in [0.25, 0.3) is 5.91 Å². The first-order valence-electron chi connectivity index (χ1n) is 6.65. The van der Waals surface area contributed by atoms with E-state index in [2.05, 4.69) is 15.5 Å². The van der Waals surface area contributed by atoms with E-state index in [9.17, 15) is 13.2 Å². The van der Waals surface area contributed by atoms with E-state index in [1.54, 1.807) is 25.1 Å². The summed E-state index contributed by atoms with van der Waals surface area (Å²) in [4.78, 5) is 12.3. The van der Waals surface area contributed by atoms with Crippen molar-refractivity contribution in [3.05, 3.63) is 41.6 Å². The second-order valence-corrected chi connectivity index (χ2v) is 6.73. The van der Waals surface area contributed by atoms with Crippen molar-refractivity contribution >= 4 is 21.6 Å². The molecule has 0 aliphatic heterocycles. The standard InChI is InChI=1S/C14H17N3O3S/c1-3-10-9-13(17-16-10)15-14(18)11-7-5-6-8-12(11)21(19,20)4-2/h5-9H,3-4H2,1-2H3,(H2,15,16,17,18). The number of aromatic nitrogens is 2. The highest BCUT2D eigenvalue weighted by Gasteiger charge is 2.20. The molecule has 0 saturated heterocycles. The first kappa shape index (κ1) is 15.2. The second-order valence-electron chi connectivity index (χ2n) is 4.49. The van der Waals surface area contributed by atoms with Crippen molar-refractivity contribution in [2.75, 3.05) is 11.1 Å². The maximum atomic E-state index is 12.3. The number of H-pyrrole nitrogens is 1. The van der Waals surface area contributed by atoms with Crippen LogP contribution < -0.4 is 5.32 Å². The van der Waals surface area contributed by atoms with Gasteiger partial charge in [0.2, 0.25) is 0 Å². The third-order valence-corrected chi connectivity index (χ3v) is 4.89. The second kappa shape index (κ2) is 6.09. The molecule has 2 aromatic rings. The third kappa shape index (κ3) is 3.30. The number of nitrogens with zero attached hydrogens (tertiary/aromatic N) is 1. The average molecular weight is 307 g/mol. The molecule has 1 heterocycles. The van der Waals surface area contributed by atoms with E-state index in [1.807, 2.05) is 6.92 Å². The summed E-state index contributed by atoms with van der Waals surface area (Å²) in [7, 11) is -3.45. The lowest BCUT2D eigenvalue weighted by Gasteiger charge is -2.08. The Kier molecular flexibility index (Phi) is 4.42. The van der Waals surface area contributed by atoms with Crippen LogP contribution in [0.25, 0.3) is 0 Å². The zero-order chi connectivity index (χ0) is 15.5. The van der Waals surface area contributed by atoms with Crippen LogP contribution >= 0.6 is 0 Å². The summed E-state index contributed by atoms with van der Waals surface area (Å²) in [5.74, 6) is -0.169. The molecule has 0 aliphatic carbocycles. The minimum atomic E-state index is -3.45.